The molecule has 0 spiro atoms. The Balaban J connectivity index is 2.97. The predicted octanol–water partition coefficient (Wildman–Crippen LogP) is 1.73. The normalized spacial score (nSPS) is 13.1. The topological polar surface area (TPSA) is 27.1 Å². The molecule has 3 nitrogen and oxygen atoms in total. The predicted molar refractivity (Wildman–Crippen MR) is 44.0 cm³/mol. The van der Waals surface area contributed by atoms with E-state index in [2.05, 4.69) is 5.10 Å². The van der Waals surface area contributed by atoms with Crippen molar-refractivity contribution in [2.75, 3.05) is 7.11 Å². The number of methoxy groups -OCH3 is 1. The van der Waals surface area contributed by atoms with E-state index in [1.165, 1.54) is 0 Å². The van der Waals surface area contributed by atoms with Gasteiger partial charge in [0.15, 0.2) is 0 Å². The number of alkyl halides is 1. The number of nitrogens with zero attached hydrogens (tertiary/aromatic N) is 2. The zero-order chi connectivity index (χ0) is 8.43. The number of hydrogen-bond donors (Lipinski definition) is 0. The largest absolute Gasteiger partial charge is 0.480 e. The van der Waals surface area contributed by atoms with Crippen LogP contribution in [-0.4, -0.2) is 16.9 Å². The molecule has 0 N–H and O–H groups in total. The molecule has 0 aliphatic heterocycles. The third-order valence-electron chi connectivity index (χ3n) is 1.51. The van der Waals surface area contributed by atoms with E-state index in [1.807, 2.05) is 20.0 Å². The second kappa shape index (κ2) is 3.13. The van der Waals surface area contributed by atoms with Gasteiger partial charge in [0, 0.05) is 13.1 Å². The standard InChI is InChI=1S/C7H11ClN2O/c1-5(8)6-4-7(11-3)9-10(6)2/h4-5H,1-3H3/t5-/m1/s1. The van der Waals surface area contributed by atoms with Gasteiger partial charge in [-0.1, -0.05) is 0 Å². The van der Waals surface area contributed by atoms with Gasteiger partial charge in [-0.05, 0) is 6.92 Å². The summed E-state index contributed by atoms with van der Waals surface area (Å²) in [5, 5.41) is 4.03. The van der Waals surface area contributed by atoms with Crippen LogP contribution in [0.1, 0.15) is 18.0 Å². The number of ether oxygens (including phenoxy) is 1. The van der Waals surface area contributed by atoms with Crippen LogP contribution in [0.5, 0.6) is 5.88 Å². The van der Waals surface area contributed by atoms with Gasteiger partial charge in [-0.2, -0.15) is 0 Å². The third kappa shape index (κ3) is 1.66. The SMILES string of the molecule is COc1cc([C@@H](C)Cl)n(C)n1. The Morgan fingerprint density at radius 3 is 2.64 bits per heavy atom. The minimum Gasteiger partial charge on any atom is -0.480 e. The van der Waals surface area contributed by atoms with Crippen LogP contribution in [0.3, 0.4) is 0 Å². The number of hydrogen-bond acceptors (Lipinski definition) is 2. The molecule has 0 bridgehead atoms. The summed E-state index contributed by atoms with van der Waals surface area (Å²) < 4.78 is 6.65. The Hall–Kier alpha value is -0.700. The molecular formula is C7H11ClN2O. The van der Waals surface area contributed by atoms with Gasteiger partial charge >= 0.3 is 0 Å². The van der Waals surface area contributed by atoms with Crippen molar-refractivity contribution in [1.82, 2.24) is 9.78 Å². The van der Waals surface area contributed by atoms with Crippen LogP contribution >= 0.6 is 11.6 Å². The van der Waals surface area contributed by atoms with Gasteiger partial charge in [0.1, 0.15) is 0 Å². The minimum absolute atomic E-state index is 0.0311. The maximum absolute atomic E-state index is 5.86. The molecule has 0 unspecified atom stereocenters. The molecule has 1 heterocycles. The van der Waals surface area contributed by atoms with E-state index in [1.54, 1.807) is 11.8 Å². The maximum atomic E-state index is 5.86. The molecule has 11 heavy (non-hydrogen) atoms. The van der Waals surface area contributed by atoms with E-state index in [0.717, 1.165) is 5.69 Å². The van der Waals surface area contributed by atoms with Gasteiger partial charge in [0.2, 0.25) is 5.88 Å². The lowest BCUT2D eigenvalue weighted by Crippen LogP contribution is -1.97. The summed E-state index contributed by atoms with van der Waals surface area (Å²) >= 11 is 5.86. The zero-order valence-corrected chi connectivity index (χ0v) is 7.59. The van der Waals surface area contributed by atoms with Gasteiger partial charge in [0.25, 0.3) is 0 Å². The Labute approximate surface area is 70.9 Å². The first-order valence-electron chi connectivity index (χ1n) is 3.37. The lowest BCUT2D eigenvalue weighted by Gasteiger charge is -2.00. The Bertz CT molecular complexity index is 245. The van der Waals surface area contributed by atoms with Crippen molar-refractivity contribution in [3.8, 4) is 5.88 Å². The lowest BCUT2D eigenvalue weighted by atomic mass is 10.3. The first-order valence-corrected chi connectivity index (χ1v) is 3.80. The molecule has 1 rings (SSSR count). The van der Waals surface area contributed by atoms with Gasteiger partial charge in [0.05, 0.1) is 18.2 Å². The highest BCUT2D eigenvalue weighted by Crippen LogP contribution is 2.21. The van der Waals surface area contributed by atoms with Crippen molar-refractivity contribution in [1.29, 1.82) is 0 Å². The first-order chi connectivity index (χ1) is 5.15. The summed E-state index contributed by atoms with van der Waals surface area (Å²) in [5.41, 5.74) is 0.962. The Morgan fingerprint density at radius 2 is 2.36 bits per heavy atom. The van der Waals surface area contributed by atoms with Gasteiger partial charge in [-0.3, -0.25) is 4.68 Å². The third-order valence-corrected chi connectivity index (χ3v) is 1.73. The summed E-state index contributed by atoms with van der Waals surface area (Å²) in [4.78, 5) is 0. The molecule has 0 aliphatic rings. The molecule has 1 aromatic heterocycles. The summed E-state index contributed by atoms with van der Waals surface area (Å²) in [5.74, 6) is 0.606. The van der Waals surface area contributed by atoms with Crippen molar-refractivity contribution in [3.05, 3.63) is 11.8 Å². The molecule has 0 radical (unpaired) electrons. The number of halogens is 1. The van der Waals surface area contributed by atoms with Crippen molar-refractivity contribution in [2.45, 2.75) is 12.3 Å². The maximum Gasteiger partial charge on any atom is 0.232 e. The average Bonchev–Trinajstić information content (AvgIpc) is 2.30. The quantitative estimate of drug-likeness (QED) is 0.639. The molecule has 0 aromatic carbocycles. The van der Waals surface area contributed by atoms with E-state index in [-0.39, 0.29) is 5.38 Å². The summed E-state index contributed by atoms with van der Waals surface area (Å²) in [6.07, 6.45) is 0. The Morgan fingerprint density at radius 1 is 1.73 bits per heavy atom. The molecule has 0 saturated heterocycles. The van der Waals surface area contributed by atoms with E-state index < -0.39 is 0 Å². The summed E-state index contributed by atoms with van der Waals surface area (Å²) in [6.45, 7) is 1.90. The van der Waals surface area contributed by atoms with Crippen molar-refractivity contribution >= 4 is 11.6 Å². The van der Waals surface area contributed by atoms with Crippen molar-refractivity contribution in [2.24, 2.45) is 7.05 Å². The fourth-order valence-corrected chi connectivity index (χ4v) is 1.13. The molecule has 62 valence electrons. The van der Waals surface area contributed by atoms with Crippen LogP contribution in [0.25, 0.3) is 0 Å². The number of aromatic nitrogens is 2. The van der Waals surface area contributed by atoms with Gasteiger partial charge in [-0.25, -0.2) is 0 Å². The van der Waals surface area contributed by atoms with Gasteiger partial charge < -0.3 is 4.74 Å². The molecule has 0 saturated carbocycles. The number of aryl methyl sites for hydroxylation is 1. The lowest BCUT2D eigenvalue weighted by molar-refractivity contribution is 0.392. The van der Waals surface area contributed by atoms with Crippen LogP contribution in [0.15, 0.2) is 6.07 Å². The van der Waals surface area contributed by atoms with E-state index >= 15 is 0 Å². The fourth-order valence-electron chi connectivity index (χ4n) is 0.926. The van der Waals surface area contributed by atoms with E-state index in [9.17, 15) is 0 Å². The van der Waals surface area contributed by atoms with Crippen LogP contribution in [0.4, 0.5) is 0 Å². The van der Waals surface area contributed by atoms with Crippen LogP contribution < -0.4 is 4.74 Å². The van der Waals surface area contributed by atoms with Crippen LogP contribution in [0, 0.1) is 0 Å². The molecule has 0 aliphatic carbocycles. The van der Waals surface area contributed by atoms with Gasteiger partial charge in [-0.15, -0.1) is 16.7 Å². The summed E-state index contributed by atoms with van der Waals surface area (Å²) in [6, 6.07) is 1.83. The van der Waals surface area contributed by atoms with Crippen LogP contribution in [-0.2, 0) is 7.05 Å². The Kier molecular flexibility index (Phi) is 2.39. The second-order valence-electron chi connectivity index (χ2n) is 2.35. The number of rotatable bonds is 2. The van der Waals surface area contributed by atoms with Crippen LogP contribution in [0.2, 0.25) is 0 Å². The molecule has 1 atom stereocenters. The van der Waals surface area contributed by atoms with Crippen molar-refractivity contribution < 1.29 is 4.74 Å². The van der Waals surface area contributed by atoms with E-state index in [4.69, 9.17) is 16.3 Å². The smallest absolute Gasteiger partial charge is 0.232 e. The fraction of sp³-hybridized carbons (Fsp3) is 0.571. The van der Waals surface area contributed by atoms with Crippen molar-refractivity contribution in [3.63, 3.8) is 0 Å². The first kappa shape index (κ1) is 8.40. The monoisotopic (exact) mass is 174 g/mol. The molecule has 0 amide bonds. The highest BCUT2D eigenvalue weighted by molar-refractivity contribution is 6.20. The molecule has 1 aromatic rings. The van der Waals surface area contributed by atoms with E-state index in [0.29, 0.717) is 5.88 Å². The molecular weight excluding hydrogens is 164 g/mol. The molecule has 0 fully saturated rings. The minimum atomic E-state index is -0.0311. The average molecular weight is 175 g/mol. The second-order valence-corrected chi connectivity index (χ2v) is 3.01. The zero-order valence-electron chi connectivity index (χ0n) is 6.84. The molecule has 4 heteroatoms. The highest BCUT2D eigenvalue weighted by Gasteiger charge is 2.09. The highest BCUT2D eigenvalue weighted by atomic mass is 35.5. The summed E-state index contributed by atoms with van der Waals surface area (Å²) in [7, 11) is 3.43.